The lowest BCUT2D eigenvalue weighted by Gasteiger charge is -2.21. The number of carbonyl (C=O) groups is 1. The Morgan fingerprint density at radius 1 is 1.56 bits per heavy atom. The van der Waals surface area contributed by atoms with Gasteiger partial charge >= 0.3 is 0 Å². The van der Waals surface area contributed by atoms with Gasteiger partial charge in [0.05, 0.1) is 11.1 Å². The van der Waals surface area contributed by atoms with Gasteiger partial charge in [-0.2, -0.15) is 0 Å². The van der Waals surface area contributed by atoms with Crippen LogP contribution in [0.5, 0.6) is 0 Å². The molecule has 0 spiro atoms. The summed E-state index contributed by atoms with van der Waals surface area (Å²) >= 11 is 5.73. The van der Waals surface area contributed by atoms with Crippen molar-refractivity contribution in [1.29, 1.82) is 0 Å². The first kappa shape index (κ1) is 12.6. The molecule has 5 N–H and O–H groups in total. The molecule has 88 valence electrons. The molecule has 6 heteroatoms. The molecule has 1 rings (SSSR count). The molecule has 0 aliphatic heterocycles. The fourth-order valence-corrected chi connectivity index (χ4v) is 1.13. The maximum absolute atomic E-state index is 11.1. The lowest BCUT2D eigenvalue weighted by molar-refractivity contribution is -0.125. The van der Waals surface area contributed by atoms with Crippen molar-refractivity contribution in [3.8, 4) is 0 Å². The van der Waals surface area contributed by atoms with Crippen LogP contribution >= 0.6 is 11.6 Å². The number of nitrogens with two attached hydrogens (primary N) is 2. The summed E-state index contributed by atoms with van der Waals surface area (Å²) in [5.41, 5.74) is 10.7. The summed E-state index contributed by atoms with van der Waals surface area (Å²) in [6.45, 7) is 3.83. The topological polar surface area (TPSA) is 94.0 Å². The highest BCUT2D eigenvalue weighted by molar-refractivity contribution is 6.29. The summed E-state index contributed by atoms with van der Waals surface area (Å²) in [4.78, 5) is 15.1. The van der Waals surface area contributed by atoms with E-state index in [1.54, 1.807) is 26.0 Å². The number of rotatable bonds is 4. The quantitative estimate of drug-likeness (QED) is 0.693. The molecule has 1 aromatic heterocycles. The van der Waals surface area contributed by atoms with Crippen LogP contribution in [0.4, 0.5) is 11.5 Å². The van der Waals surface area contributed by atoms with Gasteiger partial charge in [0.25, 0.3) is 0 Å². The van der Waals surface area contributed by atoms with Crippen LogP contribution in [0.25, 0.3) is 0 Å². The van der Waals surface area contributed by atoms with E-state index >= 15 is 0 Å². The normalized spacial score (nSPS) is 11.2. The lowest BCUT2D eigenvalue weighted by Crippen LogP contribution is -2.37. The Balaban J connectivity index is 2.75. The first-order valence-corrected chi connectivity index (χ1v) is 5.16. The van der Waals surface area contributed by atoms with E-state index in [0.29, 0.717) is 23.2 Å². The maximum atomic E-state index is 11.1. The zero-order valence-electron chi connectivity index (χ0n) is 9.25. The Morgan fingerprint density at radius 2 is 2.19 bits per heavy atom. The third-order valence-corrected chi connectivity index (χ3v) is 2.47. The van der Waals surface area contributed by atoms with Crippen LogP contribution in [0.3, 0.4) is 0 Å². The SMILES string of the molecule is CC(C)(CNc1nc(Cl)ccc1N)C(N)=O. The summed E-state index contributed by atoms with van der Waals surface area (Å²) in [5, 5.41) is 3.30. The third-order valence-electron chi connectivity index (χ3n) is 2.26. The minimum absolute atomic E-state index is 0.341. The molecule has 1 amide bonds. The smallest absolute Gasteiger partial charge is 0.224 e. The van der Waals surface area contributed by atoms with Gasteiger partial charge in [0, 0.05) is 6.54 Å². The summed E-state index contributed by atoms with van der Waals surface area (Å²) in [6.07, 6.45) is 0. The zero-order chi connectivity index (χ0) is 12.3. The fourth-order valence-electron chi connectivity index (χ4n) is 0.980. The van der Waals surface area contributed by atoms with Gasteiger partial charge in [-0.05, 0) is 26.0 Å². The number of halogens is 1. The highest BCUT2D eigenvalue weighted by atomic mass is 35.5. The molecule has 0 fully saturated rings. The minimum Gasteiger partial charge on any atom is -0.396 e. The van der Waals surface area contributed by atoms with Crippen molar-refractivity contribution in [3.05, 3.63) is 17.3 Å². The largest absolute Gasteiger partial charge is 0.396 e. The molecule has 0 aliphatic rings. The van der Waals surface area contributed by atoms with E-state index in [2.05, 4.69) is 10.3 Å². The molecule has 0 aliphatic carbocycles. The van der Waals surface area contributed by atoms with Crippen molar-refractivity contribution >= 4 is 29.0 Å². The summed E-state index contributed by atoms with van der Waals surface area (Å²) in [7, 11) is 0. The lowest BCUT2D eigenvalue weighted by atomic mass is 9.93. The van der Waals surface area contributed by atoms with Gasteiger partial charge in [0.1, 0.15) is 5.15 Å². The van der Waals surface area contributed by atoms with E-state index < -0.39 is 5.41 Å². The summed E-state index contributed by atoms with van der Waals surface area (Å²) < 4.78 is 0. The van der Waals surface area contributed by atoms with Crippen LogP contribution < -0.4 is 16.8 Å². The fraction of sp³-hybridized carbons (Fsp3) is 0.400. The van der Waals surface area contributed by atoms with Crippen molar-refractivity contribution < 1.29 is 4.79 Å². The summed E-state index contributed by atoms with van der Waals surface area (Å²) in [6, 6.07) is 3.25. The number of anilines is 2. The molecule has 0 saturated carbocycles. The highest BCUT2D eigenvalue weighted by Gasteiger charge is 2.24. The molecule has 0 atom stereocenters. The number of primary amides is 1. The second-order valence-corrected chi connectivity index (χ2v) is 4.56. The number of pyridine rings is 1. The van der Waals surface area contributed by atoms with Gasteiger partial charge in [-0.15, -0.1) is 0 Å². The Kier molecular flexibility index (Phi) is 3.59. The molecule has 1 heterocycles. The molecule has 16 heavy (non-hydrogen) atoms. The van der Waals surface area contributed by atoms with Gasteiger partial charge in [0.15, 0.2) is 5.82 Å². The van der Waals surface area contributed by atoms with E-state index in [0.717, 1.165) is 0 Å². The molecule has 0 bridgehead atoms. The van der Waals surface area contributed by atoms with Crippen molar-refractivity contribution in [1.82, 2.24) is 4.98 Å². The van der Waals surface area contributed by atoms with Crippen molar-refractivity contribution in [2.24, 2.45) is 11.1 Å². The Bertz CT molecular complexity index is 406. The third kappa shape index (κ3) is 3.00. The standard InChI is InChI=1S/C10H15ClN4O/c1-10(2,9(13)16)5-14-8-6(12)3-4-7(11)15-8/h3-4H,5,12H2,1-2H3,(H2,13,16)(H,14,15). The number of nitrogens with one attached hydrogen (secondary N) is 1. The van der Waals surface area contributed by atoms with Crippen LogP contribution in [0, 0.1) is 5.41 Å². The van der Waals surface area contributed by atoms with Crippen molar-refractivity contribution in [2.45, 2.75) is 13.8 Å². The molecular weight excluding hydrogens is 228 g/mol. The number of hydrogen-bond donors (Lipinski definition) is 3. The van der Waals surface area contributed by atoms with Gasteiger partial charge < -0.3 is 16.8 Å². The molecule has 0 saturated heterocycles. The highest BCUT2D eigenvalue weighted by Crippen LogP contribution is 2.21. The first-order chi connectivity index (χ1) is 7.33. The second-order valence-electron chi connectivity index (χ2n) is 4.17. The monoisotopic (exact) mass is 242 g/mol. The predicted octanol–water partition coefficient (Wildman–Crippen LogP) is 1.24. The van der Waals surface area contributed by atoms with Crippen LogP contribution in [0.15, 0.2) is 12.1 Å². The number of amides is 1. The van der Waals surface area contributed by atoms with Gasteiger partial charge in [-0.1, -0.05) is 11.6 Å². The van der Waals surface area contributed by atoms with E-state index in [9.17, 15) is 4.79 Å². The maximum Gasteiger partial charge on any atom is 0.224 e. The van der Waals surface area contributed by atoms with E-state index in [1.807, 2.05) is 0 Å². The number of nitrogen functional groups attached to an aromatic ring is 1. The number of hydrogen-bond acceptors (Lipinski definition) is 4. The molecule has 1 aromatic rings. The van der Waals surface area contributed by atoms with Crippen LogP contribution in [0.1, 0.15) is 13.8 Å². The van der Waals surface area contributed by atoms with E-state index in [4.69, 9.17) is 23.1 Å². The summed E-state index contributed by atoms with van der Waals surface area (Å²) in [5.74, 6) is 0.0717. The molecule has 0 radical (unpaired) electrons. The molecule has 5 nitrogen and oxygen atoms in total. The van der Waals surface area contributed by atoms with E-state index in [1.165, 1.54) is 0 Å². The number of carbonyl (C=O) groups excluding carboxylic acids is 1. The van der Waals surface area contributed by atoms with Crippen molar-refractivity contribution in [2.75, 3.05) is 17.6 Å². The average Bonchev–Trinajstić information content (AvgIpc) is 2.19. The predicted molar refractivity (Wildman–Crippen MR) is 65.1 cm³/mol. The van der Waals surface area contributed by atoms with E-state index in [-0.39, 0.29) is 5.91 Å². The van der Waals surface area contributed by atoms with Crippen LogP contribution in [0.2, 0.25) is 5.15 Å². The first-order valence-electron chi connectivity index (χ1n) is 4.79. The van der Waals surface area contributed by atoms with Crippen molar-refractivity contribution in [3.63, 3.8) is 0 Å². The molecular formula is C10H15ClN4O. The molecule has 0 unspecified atom stereocenters. The zero-order valence-corrected chi connectivity index (χ0v) is 10.0. The average molecular weight is 243 g/mol. The van der Waals surface area contributed by atoms with Crippen LogP contribution in [-0.2, 0) is 4.79 Å². The Hall–Kier alpha value is -1.49. The molecule has 0 aromatic carbocycles. The number of aromatic nitrogens is 1. The minimum atomic E-state index is -0.670. The van der Waals surface area contributed by atoms with Gasteiger partial charge in [0.2, 0.25) is 5.91 Å². The van der Waals surface area contributed by atoms with Crippen LogP contribution in [-0.4, -0.2) is 17.4 Å². The van der Waals surface area contributed by atoms with Gasteiger partial charge in [-0.25, -0.2) is 4.98 Å². The van der Waals surface area contributed by atoms with Gasteiger partial charge in [-0.3, -0.25) is 4.79 Å². The Morgan fingerprint density at radius 3 is 2.75 bits per heavy atom. The second kappa shape index (κ2) is 4.57. The Labute approximate surface area is 99.2 Å². The number of nitrogens with zero attached hydrogens (tertiary/aromatic N) is 1.